The molecule has 1 aromatic carbocycles. The van der Waals surface area contributed by atoms with Gasteiger partial charge in [0.15, 0.2) is 0 Å². The number of nitrogens with zero attached hydrogens (tertiary/aromatic N) is 3. The third kappa shape index (κ3) is 4.01. The molecular formula is C23H23N5O. The monoisotopic (exact) mass is 385 g/mol. The van der Waals surface area contributed by atoms with Gasteiger partial charge < -0.3 is 10.3 Å². The highest BCUT2D eigenvalue weighted by molar-refractivity contribution is 5.92. The lowest BCUT2D eigenvalue weighted by Gasteiger charge is -2.18. The molecule has 2 N–H and O–H groups in total. The Morgan fingerprint density at radius 3 is 2.48 bits per heavy atom. The highest BCUT2D eigenvalue weighted by Crippen LogP contribution is 2.25. The Morgan fingerprint density at radius 1 is 1.00 bits per heavy atom. The number of fused-ring (bicyclic) bond motifs is 1. The van der Waals surface area contributed by atoms with Gasteiger partial charge in [0.1, 0.15) is 17.7 Å². The molecule has 0 aliphatic heterocycles. The Kier molecular flexibility index (Phi) is 4.84. The number of aromatic amines is 1. The molecule has 3 aromatic heterocycles. The molecule has 0 saturated heterocycles. The van der Waals surface area contributed by atoms with E-state index in [0.717, 1.165) is 33.4 Å². The van der Waals surface area contributed by atoms with Gasteiger partial charge in [-0.1, -0.05) is 51.1 Å². The van der Waals surface area contributed by atoms with Crippen LogP contribution >= 0.6 is 0 Å². The van der Waals surface area contributed by atoms with Crippen molar-refractivity contribution in [3.8, 4) is 11.3 Å². The fourth-order valence-corrected chi connectivity index (χ4v) is 3.13. The largest absolute Gasteiger partial charge is 0.347 e. The van der Waals surface area contributed by atoms with Crippen molar-refractivity contribution in [1.29, 1.82) is 0 Å². The first-order valence-corrected chi connectivity index (χ1v) is 9.54. The zero-order valence-electron chi connectivity index (χ0n) is 16.7. The molecule has 3 heterocycles. The van der Waals surface area contributed by atoms with Crippen molar-refractivity contribution in [3.05, 3.63) is 78.0 Å². The molecule has 146 valence electrons. The summed E-state index contributed by atoms with van der Waals surface area (Å²) in [6.45, 7) is 6.80. The number of benzene rings is 1. The van der Waals surface area contributed by atoms with Gasteiger partial charge in [-0.2, -0.15) is 0 Å². The molecular weight excluding hydrogens is 362 g/mol. The van der Waals surface area contributed by atoms with E-state index in [-0.39, 0.29) is 11.3 Å². The van der Waals surface area contributed by atoms with E-state index in [9.17, 15) is 4.79 Å². The molecule has 6 nitrogen and oxygen atoms in total. The second kappa shape index (κ2) is 7.47. The Hall–Kier alpha value is -3.54. The number of hydrogen-bond acceptors (Lipinski definition) is 4. The maximum atomic E-state index is 12.4. The number of aromatic nitrogens is 4. The predicted molar refractivity (Wildman–Crippen MR) is 113 cm³/mol. The smallest absolute Gasteiger partial charge is 0.270 e. The van der Waals surface area contributed by atoms with E-state index in [1.807, 2.05) is 42.6 Å². The number of H-pyrrole nitrogens is 1. The van der Waals surface area contributed by atoms with E-state index in [4.69, 9.17) is 0 Å². The van der Waals surface area contributed by atoms with Crippen molar-refractivity contribution in [3.63, 3.8) is 0 Å². The summed E-state index contributed by atoms with van der Waals surface area (Å²) in [4.78, 5) is 28.4. The Labute approximate surface area is 169 Å². The first kappa shape index (κ1) is 18.8. The molecule has 1 amide bonds. The lowest BCUT2D eigenvalue weighted by atomic mass is 9.88. The van der Waals surface area contributed by atoms with Crippen LogP contribution in [0.15, 0.2) is 61.2 Å². The number of hydrogen-bond donors (Lipinski definition) is 2. The third-order valence-electron chi connectivity index (χ3n) is 4.90. The molecule has 0 aliphatic rings. The number of pyridine rings is 1. The van der Waals surface area contributed by atoms with Gasteiger partial charge in [0.05, 0.1) is 5.69 Å². The van der Waals surface area contributed by atoms with Gasteiger partial charge in [-0.25, -0.2) is 9.97 Å². The van der Waals surface area contributed by atoms with Crippen LogP contribution in [0.2, 0.25) is 0 Å². The third-order valence-corrected chi connectivity index (χ3v) is 4.90. The molecule has 0 fully saturated rings. The molecule has 0 saturated carbocycles. The van der Waals surface area contributed by atoms with Crippen LogP contribution in [0.1, 0.15) is 42.4 Å². The zero-order valence-corrected chi connectivity index (χ0v) is 16.7. The Balaban J connectivity index is 1.43. The topological polar surface area (TPSA) is 83.6 Å². The highest BCUT2D eigenvalue weighted by atomic mass is 16.1. The first-order chi connectivity index (χ1) is 13.9. The fraction of sp³-hybridized carbons (Fsp3) is 0.217. The summed E-state index contributed by atoms with van der Waals surface area (Å²) in [5.41, 5.74) is 5.25. The quantitative estimate of drug-likeness (QED) is 0.550. The van der Waals surface area contributed by atoms with Gasteiger partial charge in [0.25, 0.3) is 5.91 Å². The molecule has 0 bridgehead atoms. The average Bonchev–Trinajstić information content (AvgIpc) is 3.21. The molecule has 0 unspecified atom stereocenters. The summed E-state index contributed by atoms with van der Waals surface area (Å²) < 4.78 is 0. The second-order valence-electron chi connectivity index (χ2n) is 8.02. The predicted octanol–water partition coefficient (Wildman–Crippen LogP) is 4.25. The van der Waals surface area contributed by atoms with Crippen LogP contribution in [0.3, 0.4) is 0 Å². The Bertz CT molecular complexity index is 1140. The van der Waals surface area contributed by atoms with Crippen LogP contribution in [0.4, 0.5) is 0 Å². The normalized spacial score (nSPS) is 11.6. The molecule has 6 heteroatoms. The second-order valence-corrected chi connectivity index (χ2v) is 8.02. The SMILES string of the molecule is CC(C)(C)c1ccc(C(=O)NCc2ccc(-c3ncnc4[nH]ccc34)cc2)nc1. The van der Waals surface area contributed by atoms with Crippen molar-refractivity contribution >= 4 is 16.9 Å². The Morgan fingerprint density at radius 2 is 1.79 bits per heavy atom. The van der Waals surface area contributed by atoms with Gasteiger partial charge in [-0.05, 0) is 28.7 Å². The van der Waals surface area contributed by atoms with Crippen molar-refractivity contribution in [2.75, 3.05) is 0 Å². The summed E-state index contributed by atoms with van der Waals surface area (Å²) in [7, 11) is 0. The lowest BCUT2D eigenvalue weighted by molar-refractivity contribution is 0.0946. The van der Waals surface area contributed by atoms with Crippen LogP contribution < -0.4 is 5.32 Å². The molecule has 4 aromatic rings. The van der Waals surface area contributed by atoms with Gasteiger partial charge in [0.2, 0.25) is 0 Å². The molecule has 0 aliphatic carbocycles. The van der Waals surface area contributed by atoms with Crippen LogP contribution in [0.5, 0.6) is 0 Å². The van der Waals surface area contributed by atoms with Crippen LogP contribution in [-0.2, 0) is 12.0 Å². The van der Waals surface area contributed by atoms with Gasteiger partial charge in [-0.3, -0.25) is 9.78 Å². The van der Waals surface area contributed by atoms with E-state index < -0.39 is 0 Å². The maximum absolute atomic E-state index is 12.4. The first-order valence-electron chi connectivity index (χ1n) is 9.54. The fourth-order valence-electron chi connectivity index (χ4n) is 3.13. The van der Waals surface area contributed by atoms with Gasteiger partial charge in [0, 0.05) is 29.9 Å². The minimum Gasteiger partial charge on any atom is -0.347 e. The standard InChI is InChI=1S/C23H23N5O/c1-23(2,3)17-8-9-19(25-13-17)22(29)26-12-15-4-6-16(7-5-15)20-18-10-11-24-21(18)28-14-27-20/h4-11,13-14H,12H2,1-3H3,(H,26,29)(H,24,27,28). The summed E-state index contributed by atoms with van der Waals surface area (Å²) in [6, 6.07) is 13.7. The number of carbonyl (C=O) groups excluding carboxylic acids is 1. The lowest BCUT2D eigenvalue weighted by Crippen LogP contribution is -2.24. The average molecular weight is 385 g/mol. The molecule has 0 atom stereocenters. The van der Waals surface area contributed by atoms with E-state index in [0.29, 0.717) is 12.2 Å². The minimum atomic E-state index is -0.181. The molecule has 0 radical (unpaired) electrons. The van der Waals surface area contributed by atoms with E-state index in [1.54, 1.807) is 18.6 Å². The summed E-state index contributed by atoms with van der Waals surface area (Å²) >= 11 is 0. The number of rotatable bonds is 4. The van der Waals surface area contributed by atoms with E-state index in [1.165, 1.54) is 0 Å². The van der Waals surface area contributed by atoms with Crippen LogP contribution in [-0.4, -0.2) is 25.8 Å². The molecule has 0 spiro atoms. The zero-order chi connectivity index (χ0) is 20.4. The van der Waals surface area contributed by atoms with Gasteiger partial charge in [-0.15, -0.1) is 0 Å². The molecule has 4 rings (SSSR count). The van der Waals surface area contributed by atoms with Crippen molar-refractivity contribution in [1.82, 2.24) is 25.3 Å². The maximum Gasteiger partial charge on any atom is 0.270 e. The van der Waals surface area contributed by atoms with Crippen molar-refractivity contribution < 1.29 is 4.79 Å². The van der Waals surface area contributed by atoms with Crippen LogP contribution in [0, 0.1) is 0 Å². The van der Waals surface area contributed by atoms with Crippen molar-refractivity contribution in [2.45, 2.75) is 32.7 Å². The summed E-state index contributed by atoms with van der Waals surface area (Å²) in [6.07, 6.45) is 5.18. The number of nitrogens with one attached hydrogen (secondary N) is 2. The highest BCUT2D eigenvalue weighted by Gasteiger charge is 2.15. The number of carbonyl (C=O) groups is 1. The summed E-state index contributed by atoms with van der Waals surface area (Å²) in [5.74, 6) is -0.181. The van der Waals surface area contributed by atoms with E-state index >= 15 is 0 Å². The summed E-state index contributed by atoms with van der Waals surface area (Å²) in [5, 5.41) is 3.91. The van der Waals surface area contributed by atoms with Crippen LogP contribution in [0.25, 0.3) is 22.3 Å². The van der Waals surface area contributed by atoms with E-state index in [2.05, 4.69) is 46.0 Å². The van der Waals surface area contributed by atoms with Crippen molar-refractivity contribution in [2.24, 2.45) is 0 Å². The molecule has 29 heavy (non-hydrogen) atoms. The number of amides is 1. The minimum absolute atomic E-state index is 0.0133. The van der Waals surface area contributed by atoms with Gasteiger partial charge >= 0.3 is 0 Å².